The van der Waals surface area contributed by atoms with Crippen molar-refractivity contribution in [3.63, 3.8) is 0 Å². The van der Waals surface area contributed by atoms with E-state index < -0.39 is 10.0 Å². The summed E-state index contributed by atoms with van der Waals surface area (Å²) in [6, 6.07) is 0. The zero-order chi connectivity index (χ0) is 14.4. The fourth-order valence-electron chi connectivity index (χ4n) is 1.08. The summed E-state index contributed by atoms with van der Waals surface area (Å²) in [6.07, 6.45) is 0.412. The van der Waals surface area contributed by atoms with Crippen LogP contribution in [0.1, 0.15) is 40.5 Å². The van der Waals surface area contributed by atoms with Crippen molar-refractivity contribution in [2.45, 2.75) is 40.5 Å². The molecule has 0 aromatic rings. The van der Waals surface area contributed by atoms with Gasteiger partial charge in [-0.05, 0) is 17.8 Å². The lowest BCUT2D eigenvalue weighted by atomic mass is 9.81. The maximum Gasteiger partial charge on any atom is 0.305 e. The van der Waals surface area contributed by atoms with Gasteiger partial charge >= 0.3 is 5.97 Å². The number of rotatable bonds is 8. The first-order chi connectivity index (χ1) is 8.10. The molecule has 0 saturated carbocycles. The summed E-state index contributed by atoms with van der Waals surface area (Å²) < 4.78 is 30.5. The summed E-state index contributed by atoms with van der Waals surface area (Å²) in [5.74, 6) is -0.0426. The topological polar surface area (TPSA) is 72.5 Å². The highest BCUT2D eigenvalue weighted by Crippen LogP contribution is 2.24. The Kier molecular flexibility index (Phi) is 6.84. The van der Waals surface area contributed by atoms with E-state index in [1.54, 1.807) is 0 Å². The number of hydrogen-bond acceptors (Lipinski definition) is 4. The number of sulfonamides is 1. The number of carbonyl (C=O) groups is 1. The zero-order valence-corrected chi connectivity index (χ0v) is 12.8. The van der Waals surface area contributed by atoms with E-state index in [1.807, 2.05) is 13.8 Å². The Morgan fingerprint density at radius 1 is 1.33 bits per heavy atom. The minimum Gasteiger partial charge on any atom is -0.469 e. The third kappa shape index (κ3) is 6.96. The molecule has 0 aliphatic heterocycles. The zero-order valence-electron chi connectivity index (χ0n) is 11.9. The van der Waals surface area contributed by atoms with Crippen LogP contribution in [-0.4, -0.2) is 33.8 Å². The van der Waals surface area contributed by atoms with Crippen molar-refractivity contribution in [2.75, 3.05) is 19.4 Å². The number of carbonyl (C=O) groups excluding carboxylic acids is 1. The summed E-state index contributed by atoms with van der Waals surface area (Å²) in [7, 11) is -2.02. The Labute approximate surface area is 110 Å². The quantitative estimate of drug-likeness (QED) is 0.684. The molecule has 0 aliphatic carbocycles. The molecule has 0 bridgehead atoms. The van der Waals surface area contributed by atoms with E-state index in [2.05, 4.69) is 23.3 Å². The monoisotopic (exact) mass is 279 g/mol. The maximum absolute atomic E-state index is 11.7. The molecule has 0 spiro atoms. The first kappa shape index (κ1) is 17.4. The van der Waals surface area contributed by atoms with Gasteiger partial charge in [0.2, 0.25) is 10.0 Å². The smallest absolute Gasteiger partial charge is 0.305 e. The summed E-state index contributed by atoms with van der Waals surface area (Å²) in [5, 5.41) is 0. The van der Waals surface area contributed by atoms with E-state index in [-0.39, 0.29) is 30.0 Å². The van der Waals surface area contributed by atoms with Crippen LogP contribution in [-0.2, 0) is 19.6 Å². The lowest BCUT2D eigenvalue weighted by molar-refractivity contribution is -0.140. The first-order valence-corrected chi connectivity index (χ1v) is 7.80. The summed E-state index contributed by atoms with van der Waals surface area (Å²) >= 11 is 0. The molecule has 0 saturated heterocycles. The Morgan fingerprint density at radius 3 is 2.33 bits per heavy atom. The van der Waals surface area contributed by atoms with Gasteiger partial charge in [0, 0.05) is 13.0 Å². The van der Waals surface area contributed by atoms with Crippen LogP contribution in [0.25, 0.3) is 0 Å². The van der Waals surface area contributed by atoms with Gasteiger partial charge < -0.3 is 4.74 Å². The standard InChI is InChI=1S/C12H25NO4S/c1-10(2)12(3,4)9-13-18(15,16)8-6-7-11(14)17-5/h10,13H,6-9H2,1-5H3. The van der Waals surface area contributed by atoms with Gasteiger partial charge in [0.1, 0.15) is 0 Å². The highest BCUT2D eigenvalue weighted by Gasteiger charge is 2.24. The average molecular weight is 279 g/mol. The number of hydrogen-bond donors (Lipinski definition) is 1. The van der Waals surface area contributed by atoms with Gasteiger partial charge in [0.25, 0.3) is 0 Å². The number of nitrogens with one attached hydrogen (secondary N) is 1. The van der Waals surface area contributed by atoms with Crippen molar-refractivity contribution < 1.29 is 17.9 Å². The molecule has 0 aromatic heterocycles. The molecule has 5 nitrogen and oxygen atoms in total. The van der Waals surface area contributed by atoms with Gasteiger partial charge in [-0.15, -0.1) is 0 Å². The largest absolute Gasteiger partial charge is 0.469 e. The molecule has 0 aromatic carbocycles. The van der Waals surface area contributed by atoms with Crippen LogP contribution < -0.4 is 4.72 Å². The maximum atomic E-state index is 11.7. The molecule has 108 valence electrons. The fraction of sp³-hybridized carbons (Fsp3) is 0.917. The Morgan fingerprint density at radius 2 is 1.89 bits per heavy atom. The van der Waals surface area contributed by atoms with Crippen molar-refractivity contribution >= 4 is 16.0 Å². The minimum absolute atomic E-state index is 0.0454. The Balaban J connectivity index is 4.13. The van der Waals surface area contributed by atoms with Crippen molar-refractivity contribution in [1.82, 2.24) is 4.72 Å². The van der Waals surface area contributed by atoms with E-state index in [4.69, 9.17) is 0 Å². The summed E-state index contributed by atoms with van der Waals surface area (Å²) in [5.41, 5.74) is -0.0879. The van der Waals surface area contributed by atoms with Crippen molar-refractivity contribution in [3.05, 3.63) is 0 Å². The summed E-state index contributed by atoms with van der Waals surface area (Å²) in [6.45, 7) is 8.58. The molecule has 0 radical (unpaired) electrons. The SMILES string of the molecule is COC(=O)CCCS(=O)(=O)NCC(C)(C)C(C)C. The van der Waals surface area contributed by atoms with Gasteiger partial charge in [-0.1, -0.05) is 27.7 Å². The molecule has 0 atom stereocenters. The van der Waals surface area contributed by atoms with Crippen molar-refractivity contribution in [1.29, 1.82) is 0 Å². The molecule has 0 aliphatic rings. The van der Waals surface area contributed by atoms with Crippen LogP contribution in [0.4, 0.5) is 0 Å². The second kappa shape index (κ2) is 7.09. The Bertz CT molecular complexity index is 360. The minimum atomic E-state index is -3.31. The molecule has 0 unspecified atom stereocenters. The van der Waals surface area contributed by atoms with Crippen molar-refractivity contribution in [3.8, 4) is 0 Å². The van der Waals surface area contributed by atoms with Gasteiger partial charge in [0.15, 0.2) is 0 Å². The molecule has 0 amide bonds. The first-order valence-electron chi connectivity index (χ1n) is 6.15. The van der Waals surface area contributed by atoms with Crippen LogP contribution in [0.5, 0.6) is 0 Å². The van der Waals surface area contributed by atoms with Crippen molar-refractivity contribution in [2.24, 2.45) is 11.3 Å². The van der Waals surface area contributed by atoms with E-state index >= 15 is 0 Å². The van der Waals surface area contributed by atoms with Gasteiger partial charge in [-0.3, -0.25) is 4.79 Å². The highest BCUT2D eigenvalue weighted by atomic mass is 32.2. The Hall–Kier alpha value is -0.620. The van der Waals surface area contributed by atoms with Crippen LogP contribution >= 0.6 is 0 Å². The van der Waals surface area contributed by atoms with Crippen LogP contribution in [0, 0.1) is 11.3 Å². The lowest BCUT2D eigenvalue weighted by Gasteiger charge is -2.29. The highest BCUT2D eigenvalue weighted by molar-refractivity contribution is 7.89. The van der Waals surface area contributed by atoms with E-state index in [0.717, 1.165) is 0 Å². The third-order valence-electron chi connectivity index (χ3n) is 3.33. The number of ether oxygens (including phenoxy) is 1. The number of methoxy groups -OCH3 is 1. The van der Waals surface area contributed by atoms with E-state index in [0.29, 0.717) is 12.5 Å². The third-order valence-corrected chi connectivity index (χ3v) is 4.74. The molecular formula is C12H25NO4S. The van der Waals surface area contributed by atoms with Crippen LogP contribution in [0.15, 0.2) is 0 Å². The predicted octanol–water partition coefficient (Wildman–Crippen LogP) is 1.54. The molecule has 18 heavy (non-hydrogen) atoms. The molecule has 1 N–H and O–H groups in total. The van der Waals surface area contributed by atoms with Gasteiger partial charge in [-0.2, -0.15) is 0 Å². The van der Waals surface area contributed by atoms with Crippen LogP contribution in [0.3, 0.4) is 0 Å². The van der Waals surface area contributed by atoms with E-state index in [9.17, 15) is 13.2 Å². The van der Waals surface area contributed by atoms with Crippen LogP contribution in [0.2, 0.25) is 0 Å². The molecule has 0 rings (SSSR count). The molecule has 6 heteroatoms. The lowest BCUT2D eigenvalue weighted by Crippen LogP contribution is -2.38. The molecular weight excluding hydrogens is 254 g/mol. The summed E-state index contributed by atoms with van der Waals surface area (Å²) in [4.78, 5) is 10.9. The van der Waals surface area contributed by atoms with Gasteiger partial charge in [-0.25, -0.2) is 13.1 Å². The van der Waals surface area contributed by atoms with Gasteiger partial charge in [0.05, 0.1) is 12.9 Å². The second-order valence-corrected chi connectivity index (χ2v) is 7.39. The average Bonchev–Trinajstić information content (AvgIpc) is 2.26. The molecule has 0 fully saturated rings. The predicted molar refractivity (Wildman–Crippen MR) is 71.7 cm³/mol. The fourth-order valence-corrected chi connectivity index (χ4v) is 2.34. The van der Waals surface area contributed by atoms with E-state index in [1.165, 1.54) is 7.11 Å². The number of esters is 1. The second-order valence-electron chi connectivity index (χ2n) is 5.46. The molecule has 0 heterocycles. The normalized spacial score (nSPS) is 12.8.